The smallest absolute Gasteiger partial charge is 0.0534 e. The van der Waals surface area contributed by atoms with Gasteiger partial charge in [0.25, 0.3) is 0 Å². The average Bonchev–Trinajstić information content (AvgIpc) is 3.02. The molecule has 18 heavy (non-hydrogen) atoms. The molecular weight excluding hydrogens is 224 g/mol. The molecule has 1 unspecified atom stereocenters. The first-order valence-electron chi connectivity index (χ1n) is 7.00. The van der Waals surface area contributed by atoms with Gasteiger partial charge < -0.3 is 5.32 Å². The zero-order valence-corrected chi connectivity index (χ0v) is 11.7. The van der Waals surface area contributed by atoms with Crippen LogP contribution in [0.3, 0.4) is 0 Å². The Bertz CT molecular complexity index is 419. The van der Waals surface area contributed by atoms with E-state index < -0.39 is 0 Å². The number of piperazine rings is 1. The van der Waals surface area contributed by atoms with Gasteiger partial charge in [0.05, 0.1) is 6.20 Å². The van der Waals surface area contributed by atoms with Crippen molar-refractivity contribution in [1.82, 2.24) is 20.0 Å². The van der Waals surface area contributed by atoms with Crippen molar-refractivity contribution in [2.75, 3.05) is 13.1 Å². The summed E-state index contributed by atoms with van der Waals surface area (Å²) in [6.07, 6.45) is 6.96. The van der Waals surface area contributed by atoms with Gasteiger partial charge >= 0.3 is 0 Å². The van der Waals surface area contributed by atoms with Crippen molar-refractivity contribution < 1.29 is 0 Å². The molecule has 1 aromatic rings. The predicted molar refractivity (Wildman–Crippen MR) is 72.2 cm³/mol. The van der Waals surface area contributed by atoms with Gasteiger partial charge in [-0.2, -0.15) is 5.10 Å². The van der Waals surface area contributed by atoms with Gasteiger partial charge in [-0.15, -0.1) is 0 Å². The molecule has 1 saturated carbocycles. The first kappa shape index (κ1) is 12.2. The summed E-state index contributed by atoms with van der Waals surface area (Å²) in [4.78, 5) is 2.66. The summed E-state index contributed by atoms with van der Waals surface area (Å²) in [6, 6.07) is 0.721. The lowest BCUT2D eigenvalue weighted by atomic mass is 9.96. The molecule has 1 saturated heterocycles. The van der Waals surface area contributed by atoms with E-state index in [-0.39, 0.29) is 5.54 Å². The monoisotopic (exact) mass is 248 g/mol. The lowest BCUT2D eigenvalue weighted by molar-refractivity contribution is 0.0759. The standard InChI is InChI=1S/C14H24N4/c1-14(2)10-18(9-11-6-16-17(3)8-11)13(7-15-14)12-4-5-12/h6,8,12-13,15H,4-5,7,9-10H2,1-3H3. The van der Waals surface area contributed by atoms with E-state index in [9.17, 15) is 0 Å². The lowest BCUT2D eigenvalue weighted by Crippen LogP contribution is -2.61. The van der Waals surface area contributed by atoms with E-state index in [0.29, 0.717) is 0 Å². The molecule has 0 amide bonds. The Hall–Kier alpha value is -0.870. The number of nitrogens with zero attached hydrogens (tertiary/aromatic N) is 3. The minimum Gasteiger partial charge on any atom is -0.309 e. The molecule has 1 aliphatic heterocycles. The predicted octanol–water partition coefficient (Wildman–Crippen LogP) is 1.38. The first-order valence-corrected chi connectivity index (χ1v) is 7.00. The van der Waals surface area contributed by atoms with Gasteiger partial charge in [0.1, 0.15) is 0 Å². The van der Waals surface area contributed by atoms with Crippen LogP contribution in [0, 0.1) is 5.92 Å². The van der Waals surface area contributed by atoms with Crippen LogP contribution >= 0.6 is 0 Å². The van der Waals surface area contributed by atoms with E-state index >= 15 is 0 Å². The molecule has 2 heterocycles. The first-order chi connectivity index (χ1) is 8.53. The number of hydrogen-bond donors (Lipinski definition) is 1. The molecule has 100 valence electrons. The third kappa shape index (κ3) is 2.59. The SMILES string of the molecule is Cn1cc(CN2CC(C)(C)NCC2C2CC2)cn1. The lowest BCUT2D eigenvalue weighted by Gasteiger charge is -2.45. The number of aromatic nitrogens is 2. The van der Waals surface area contributed by atoms with Gasteiger partial charge in [-0.05, 0) is 32.6 Å². The largest absolute Gasteiger partial charge is 0.309 e. The number of hydrogen-bond acceptors (Lipinski definition) is 3. The normalized spacial score (nSPS) is 28.5. The summed E-state index contributed by atoms with van der Waals surface area (Å²) >= 11 is 0. The third-order valence-electron chi connectivity index (χ3n) is 4.17. The molecule has 4 nitrogen and oxygen atoms in total. The van der Waals surface area contributed by atoms with Crippen LogP contribution in [0.2, 0.25) is 0 Å². The van der Waals surface area contributed by atoms with Crippen molar-refractivity contribution in [2.24, 2.45) is 13.0 Å². The molecule has 0 aromatic carbocycles. The second-order valence-electron chi connectivity index (χ2n) is 6.60. The van der Waals surface area contributed by atoms with Crippen LogP contribution in [-0.2, 0) is 13.6 Å². The Kier molecular flexibility index (Phi) is 2.94. The maximum Gasteiger partial charge on any atom is 0.0534 e. The fourth-order valence-corrected chi connectivity index (χ4v) is 3.10. The zero-order valence-electron chi connectivity index (χ0n) is 11.7. The minimum atomic E-state index is 0.230. The van der Waals surface area contributed by atoms with E-state index in [0.717, 1.165) is 31.6 Å². The van der Waals surface area contributed by atoms with Gasteiger partial charge in [-0.25, -0.2) is 0 Å². The van der Waals surface area contributed by atoms with Crippen LogP contribution in [0.25, 0.3) is 0 Å². The third-order valence-corrected chi connectivity index (χ3v) is 4.17. The summed E-state index contributed by atoms with van der Waals surface area (Å²) in [5, 5.41) is 7.97. The number of nitrogens with one attached hydrogen (secondary N) is 1. The molecule has 3 rings (SSSR count). The highest BCUT2D eigenvalue weighted by Gasteiger charge is 2.40. The second-order valence-corrected chi connectivity index (χ2v) is 6.60. The minimum absolute atomic E-state index is 0.230. The number of rotatable bonds is 3. The van der Waals surface area contributed by atoms with Crippen LogP contribution < -0.4 is 5.32 Å². The zero-order chi connectivity index (χ0) is 12.8. The van der Waals surface area contributed by atoms with Crippen molar-refractivity contribution in [3.05, 3.63) is 18.0 Å². The van der Waals surface area contributed by atoms with Gasteiger partial charge in [0, 0.05) is 50.0 Å². The fraction of sp³-hybridized carbons (Fsp3) is 0.786. The molecule has 4 heteroatoms. The van der Waals surface area contributed by atoms with Gasteiger partial charge in [0.2, 0.25) is 0 Å². The Balaban J connectivity index is 1.72. The molecule has 2 fully saturated rings. The fourth-order valence-electron chi connectivity index (χ4n) is 3.10. The molecule has 2 aliphatic rings. The highest BCUT2D eigenvalue weighted by Crippen LogP contribution is 2.37. The molecule has 0 bridgehead atoms. The van der Waals surface area contributed by atoms with Crippen molar-refractivity contribution in [3.8, 4) is 0 Å². The summed E-state index contributed by atoms with van der Waals surface area (Å²) < 4.78 is 1.90. The highest BCUT2D eigenvalue weighted by molar-refractivity contribution is 5.07. The van der Waals surface area contributed by atoms with Gasteiger partial charge in [0.15, 0.2) is 0 Å². The Morgan fingerprint density at radius 3 is 2.83 bits per heavy atom. The van der Waals surface area contributed by atoms with Crippen molar-refractivity contribution in [1.29, 1.82) is 0 Å². The molecule has 1 N–H and O–H groups in total. The van der Waals surface area contributed by atoms with Crippen LogP contribution in [0.15, 0.2) is 12.4 Å². The maximum absolute atomic E-state index is 4.28. The van der Waals surface area contributed by atoms with E-state index in [2.05, 4.69) is 35.4 Å². The maximum atomic E-state index is 4.28. The van der Waals surface area contributed by atoms with Crippen molar-refractivity contribution in [2.45, 2.75) is 44.8 Å². The molecule has 1 aliphatic carbocycles. The van der Waals surface area contributed by atoms with Crippen LogP contribution in [0.1, 0.15) is 32.3 Å². The van der Waals surface area contributed by atoms with E-state index in [4.69, 9.17) is 0 Å². The Morgan fingerprint density at radius 2 is 2.22 bits per heavy atom. The molecule has 0 radical (unpaired) electrons. The van der Waals surface area contributed by atoms with Crippen molar-refractivity contribution in [3.63, 3.8) is 0 Å². The summed E-state index contributed by atoms with van der Waals surface area (Å²) in [5.41, 5.74) is 1.56. The van der Waals surface area contributed by atoms with Gasteiger partial charge in [-0.1, -0.05) is 0 Å². The van der Waals surface area contributed by atoms with Gasteiger partial charge in [-0.3, -0.25) is 9.58 Å². The molecule has 0 spiro atoms. The van der Waals surface area contributed by atoms with E-state index in [1.165, 1.54) is 18.4 Å². The average molecular weight is 248 g/mol. The van der Waals surface area contributed by atoms with Crippen LogP contribution in [0.5, 0.6) is 0 Å². The Labute approximate surface area is 109 Å². The quantitative estimate of drug-likeness (QED) is 0.877. The summed E-state index contributed by atoms with van der Waals surface area (Å²) in [5.74, 6) is 0.922. The van der Waals surface area contributed by atoms with Crippen molar-refractivity contribution >= 4 is 0 Å². The highest BCUT2D eigenvalue weighted by atomic mass is 15.3. The summed E-state index contributed by atoms with van der Waals surface area (Å²) in [7, 11) is 1.99. The van der Waals surface area contributed by atoms with Crippen LogP contribution in [-0.4, -0.2) is 39.4 Å². The van der Waals surface area contributed by atoms with Crippen LogP contribution in [0.4, 0.5) is 0 Å². The number of aryl methyl sites for hydroxylation is 1. The topological polar surface area (TPSA) is 33.1 Å². The molecule has 1 atom stereocenters. The molecule has 1 aromatic heterocycles. The summed E-state index contributed by atoms with van der Waals surface area (Å²) in [6.45, 7) is 7.90. The van der Waals surface area contributed by atoms with E-state index in [1.807, 2.05) is 17.9 Å². The second kappa shape index (κ2) is 4.35. The molecular formula is C14H24N4. The van der Waals surface area contributed by atoms with E-state index in [1.54, 1.807) is 0 Å². The Morgan fingerprint density at radius 1 is 1.44 bits per heavy atom.